The van der Waals surface area contributed by atoms with Gasteiger partial charge in [0.1, 0.15) is 6.04 Å². The van der Waals surface area contributed by atoms with Gasteiger partial charge < -0.3 is 15.1 Å². The normalized spacial score (nSPS) is 24.6. The molecule has 0 unspecified atom stereocenters. The van der Waals surface area contributed by atoms with E-state index in [1.165, 1.54) is 0 Å². The molecule has 2 heterocycles. The third-order valence-electron chi connectivity index (χ3n) is 5.38. The number of para-hydroxylation sites is 1. The van der Waals surface area contributed by atoms with Crippen LogP contribution < -0.4 is 5.32 Å². The van der Waals surface area contributed by atoms with Crippen molar-refractivity contribution in [2.45, 2.75) is 39.3 Å². The zero-order valence-electron chi connectivity index (χ0n) is 15.0. The molecule has 3 amide bonds. The Morgan fingerprint density at radius 2 is 2.04 bits per heavy atom. The van der Waals surface area contributed by atoms with Gasteiger partial charge in [-0.05, 0) is 17.5 Å². The first kappa shape index (κ1) is 17.5. The van der Waals surface area contributed by atoms with Crippen molar-refractivity contribution in [3.8, 4) is 0 Å². The highest BCUT2D eigenvalue weighted by atomic mass is 16.2. The quantitative estimate of drug-likeness (QED) is 0.911. The third kappa shape index (κ3) is 3.25. The number of benzene rings is 1. The standard InChI is InChI=1S/C19H25N3O3/c1-4-12(2)17-18(24)20-15-8-6-5-7-13(15)11-22(17)19(25)14-9-16(23)21(3)10-14/h5-8,12,14,17H,4,9-11H2,1-3H3,(H,20,24)/t12-,14+,17-/m0/s1. The van der Waals surface area contributed by atoms with Gasteiger partial charge in [0.15, 0.2) is 0 Å². The van der Waals surface area contributed by atoms with Gasteiger partial charge in [-0.3, -0.25) is 14.4 Å². The SMILES string of the molecule is CC[C@H](C)[C@H]1C(=O)Nc2ccccc2CN1C(=O)[C@@H]1CC(=O)N(C)C1. The summed E-state index contributed by atoms with van der Waals surface area (Å²) in [7, 11) is 1.71. The number of amides is 3. The molecule has 2 aliphatic rings. The largest absolute Gasteiger partial charge is 0.345 e. The van der Waals surface area contributed by atoms with Crippen molar-refractivity contribution in [3.63, 3.8) is 0 Å². The summed E-state index contributed by atoms with van der Waals surface area (Å²) in [5.41, 5.74) is 1.68. The maximum absolute atomic E-state index is 13.2. The molecule has 1 aromatic rings. The molecule has 0 aromatic heterocycles. The molecule has 6 nitrogen and oxygen atoms in total. The van der Waals surface area contributed by atoms with Gasteiger partial charge in [0.05, 0.1) is 5.92 Å². The first-order valence-corrected chi connectivity index (χ1v) is 8.85. The summed E-state index contributed by atoms with van der Waals surface area (Å²) in [4.78, 5) is 41.2. The lowest BCUT2D eigenvalue weighted by Gasteiger charge is -2.34. The maximum Gasteiger partial charge on any atom is 0.247 e. The number of nitrogens with one attached hydrogen (secondary N) is 1. The molecular formula is C19H25N3O3. The van der Waals surface area contributed by atoms with Gasteiger partial charge in [0.2, 0.25) is 17.7 Å². The van der Waals surface area contributed by atoms with Crippen LogP contribution in [0.2, 0.25) is 0 Å². The Labute approximate surface area is 148 Å². The van der Waals surface area contributed by atoms with E-state index in [1.807, 2.05) is 38.1 Å². The molecule has 1 fully saturated rings. The maximum atomic E-state index is 13.2. The lowest BCUT2D eigenvalue weighted by molar-refractivity contribution is -0.144. The Bertz CT molecular complexity index is 703. The Morgan fingerprint density at radius 1 is 1.32 bits per heavy atom. The summed E-state index contributed by atoms with van der Waals surface area (Å²) < 4.78 is 0. The van der Waals surface area contributed by atoms with E-state index in [2.05, 4.69) is 5.32 Å². The van der Waals surface area contributed by atoms with Crippen molar-refractivity contribution >= 4 is 23.4 Å². The molecule has 1 aromatic carbocycles. The van der Waals surface area contributed by atoms with E-state index in [-0.39, 0.29) is 36.0 Å². The molecule has 0 radical (unpaired) electrons. The number of hydrogen-bond donors (Lipinski definition) is 1. The molecule has 3 rings (SSSR count). The number of rotatable bonds is 3. The molecule has 3 atom stereocenters. The zero-order valence-corrected chi connectivity index (χ0v) is 15.0. The minimum Gasteiger partial charge on any atom is -0.345 e. The second kappa shape index (κ2) is 6.86. The van der Waals surface area contributed by atoms with Crippen molar-refractivity contribution in [2.75, 3.05) is 18.9 Å². The Morgan fingerprint density at radius 3 is 2.68 bits per heavy atom. The highest BCUT2D eigenvalue weighted by Gasteiger charge is 2.41. The summed E-state index contributed by atoms with van der Waals surface area (Å²) in [6, 6.07) is 7.05. The van der Waals surface area contributed by atoms with Crippen LogP contribution in [0, 0.1) is 11.8 Å². The van der Waals surface area contributed by atoms with E-state index in [9.17, 15) is 14.4 Å². The summed E-state index contributed by atoms with van der Waals surface area (Å²) in [6.45, 7) is 4.82. The second-order valence-electron chi connectivity index (χ2n) is 7.12. The second-order valence-corrected chi connectivity index (χ2v) is 7.12. The fraction of sp³-hybridized carbons (Fsp3) is 0.526. The zero-order chi connectivity index (χ0) is 18.1. The molecular weight excluding hydrogens is 318 g/mol. The molecule has 2 aliphatic heterocycles. The van der Waals surface area contributed by atoms with E-state index < -0.39 is 6.04 Å². The van der Waals surface area contributed by atoms with Gasteiger partial charge in [-0.2, -0.15) is 0 Å². The molecule has 25 heavy (non-hydrogen) atoms. The van der Waals surface area contributed by atoms with Crippen LogP contribution in [-0.2, 0) is 20.9 Å². The Balaban J connectivity index is 1.95. The van der Waals surface area contributed by atoms with Gasteiger partial charge in [0.25, 0.3) is 0 Å². The Kier molecular flexibility index (Phi) is 4.79. The number of hydrogen-bond acceptors (Lipinski definition) is 3. The minimum atomic E-state index is -0.522. The van der Waals surface area contributed by atoms with E-state index in [0.29, 0.717) is 13.1 Å². The van der Waals surface area contributed by atoms with E-state index in [0.717, 1.165) is 17.7 Å². The molecule has 1 saturated heterocycles. The van der Waals surface area contributed by atoms with Crippen molar-refractivity contribution in [1.82, 2.24) is 9.80 Å². The van der Waals surface area contributed by atoms with Crippen molar-refractivity contribution in [1.29, 1.82) is 0 Å². The molecule has 0 saturated carbocycles. The number of carbonyl (C=O) groups is 3. The minimum absolute atomic E-state index is 0.0156. The number of likely N-dealkylation sites (tertiary alicyclic amines) is 1. The predicted octanol–water partition coefficient (Wildman–Crippen LogP) is 1.86. The van der Waals surface area contributed by atoms with Crippen molar-refractivity contribution in [2.24, 2.45) is 11.8 Å². The predicted molar refractivity (Wildman–Crippen MR) is 94.6 cm³/mol. The summed E-state index contributed by atoms with van der Waals surface area (Å²) >= 11 is 0. The van der Waals surface area contributed by atoms with E-state index in [1.54, 1.807) is 16.8 Å². The van der Waals surface area contributed by atoms with E-state index >= 15 is 0 Å². The van der Waals surface area contributed by atoms with Crippen LogP contribution in [0.25, 0.3) is 0 Å². The van der Waals surface area contributed by atoms with Crippen LogP contribution in [0.4, 0.5) is 5.69 Å². The average Bonchev–Trinajstić information content (AvgIpc) is 2.85. The van der Waals surface area contributed by atoms with Crippen LogP contribution in [-0.4, -0.2) is 47.2 Å². The fourth-order valence-electron chi connectivity index (χ4n) is 3.68. The van der Waals surface area contributed by atoms with Gasteiger partial charge in [-0.15, -0.1) is 0 Å². The highest BCUT2D eigenvalue weighted by Crippen LogP contribution is 2.30. The summed E-state index contributed by atoms with van der Waals surface area (Å²) in [5.74, 6) is -0.603. The smallest absolute Gasteiger partial charge is 0.247 e. The van der Waals surface area contributed by atoms with Crippen LogP contribution in [0.5, 0.6) is 0 Å². The first-order chi connectivity index (χ1) is 11.9. The van der Waals surface area contributed by atoms with Crippen LogP contribution in [0.3, 0.4) is 0 Å². The van der Waals surface area contributed by atoms with Crippen molar-refractivity contribution < 1.29 is 14.4 Å². The van der Waals surface area contributed by atoms with Gasteiger partial charge in [-0.1, -0.05) is 38.5 Å². The van der Waals surface area contributed by atoms with E-state index in [4.69, 9.17) is 0 Å². The molecule has 0 bridgehead atoms. The summed E-state index contributed by atoms with van der Waals surface area (Å²) in [5, 5.41) is 2.97. The van der Waals surface area contributed by atoms with Gasteiger partial charge in [-0.25, -0.2) is 0 Å². The van der Waals surface area contributed by atoms with Crippen LogP contribution in [0.15, 0.2) is 24.3 Å². The number of nitrogens with zero attached hydrogens (tertiary/aromatic N) is 2. The number of carbonyl (C=O) groups excluding carboxylic acids is 3. The van der Waals surface area contributed by atoms with Crippen LogP contribution >= 0.6 is 0 Å². The van der Waals surface area contributed by atoms with Gasteiger partial charge in [0, 0.05) is 32.2 Å². The first-order valence-electron chi connectivity index (χ1n) is 8.85. The number of anilines is 1. The summed E-state index contributed by atoms with van der Waals surface area (Å²) in [6.07, 6.45) is 1.02. The van der Waals surface area contributed by atoms with Gasteiger partial charge >= 0.3 is 0 Å². The van der Waals surface area contributed by atoms with Crippen LogP contribution in [0.1, 0.15) is 32.3 Å². The highest BCUT2D eigenvalue weighted by molar-refractivity contribution is 6.00. The molecule has 0 aliphatic carbocycles. The topological polar surface area (TPSA) is 69.7 Å². The number of fused-ring (bicyclic) bond motifs is 1. The lowest BCUT2D eigenvalue weighted by atomic mass is 9.95. The fourth-order valence-corrected chi connectivity index (χ4v) is 3.68. The van der Waals surface area contributed by atoms with Crippen molar-refractivity contribution in [3.05, 3.63) is 29.8 Å². The monoisotopic (exact) mass is 343 g/mol. The molecule has 134 valence electrons. The molecule has 6 heteroatoms. The molecule has 1 N–H and O–H groups in total. The molecule has 0 spiro atoms. The Hall–Kier alpha value is -2.37. The lowest BCUT2D eigenvalue weighted by Crippen LogP contribution is -2.51. The third-order valence-corrected chi connectivity index (χ3v) is 5.38. The average molecular weight is 343 g/mol.